The number of nitrogens with one attached hydrogen (secondary N) is 1. The van der Waals surface area contributed by atoms with Crippen LogP contribution in [0.5, 0.6) is 11.5 Å². The fraction of sp³-hybridized carbons (Fsp3) is 0.538. The summed E-state index contributed by atoms with van der Waals surface area (Å²) in [6, 6.07) is 4.06. The summed E-state index contributed by atoms with van der Waals surface area (Å²) in [4.78, 5) is 0. The lowest BCUT2D eigenvalue weighted by Gasteiger charge is -2.26. The largest absolute Gasteiger partial charge is 0.493 e. The highest BCUT2D eigenvalue weighted by Crippen LogP contribution is 2.39. The Morgan fingerprint density at radius 2 is 2.06 bits per heavy atom. The van der Waals surface area contributed by atoms with Crippen molar-refractivity contribution in [2.45, 2.75) is 25.3 Å². The minimum atomic E-state index is 0.311. The van der Waals surface area contributed by atoms with Gasteiger partial charge in [0.05, 0.1) is 14.2 Å². The Bertz CT molecular complexity index is 389. The topological polar surface area (TPSA) is 30.5 Å². The monoisotopic (exact) mass is 255 g/mol. The molecule has 1 saturated heterocycles. The Hall–Kier alpha value is -0.930. The van der Waals surface area contributed by atoms with E-state index in [0.29, 0.717) is 16.8 Å². The van der Waals surface area contributed by atoms with Gasteiger partial charge in [-0.05, 0) is 25.5 Å². The average molecular weight is 256 g/mol. The Labute approximate surface area is 107 Å². The van der Waals surface area contributed by atoms with Crippen LogP contribution in [0.2, 0.25) is 5.02 Å². The second-order valence-electron chi connectivity index (χ2n) is 4.23. The first-order chi connectivity index (χ1) is 8.26. The molecule has 1 aromatic carbocycles. The van der Waals surface area contributed by atoms with Gasteiger partial charge < -0.3 is 14.8 Å². The first-order valence-electron chi connectivity index (χ1n) is 5.91. The van der Waals surface area contributed by atoms with Crippen LogP contribution in [-0.4, -0.2) is 20.8 Å². The molecule has 0 spiro atoms. The molecular formula is C13H18ClNO2. The summed E-state index contributed by atoms with van der Waals surface area (Å²) in [6.45, 7) is 1.04. The molecule has 1 N–H and O–H groups in total. The Balaban J connectivity index is 2.39. The van der Waals surface area contributed by atoms with Crippen molar-refractivity contribution in [1.29, 1.82) is 0 Å². The van der Waals surface area contributed by atoms with Gasteiger partial charge in [0, 0.05) is 22.7 Å². The van der Waals surface area contributed by atoms with Crippen LogP contribution in [0.4, 0.5) is 0 Å². The Morgan fingerprint density at radius 3 is 2.65 bits per heavy atom. The van der Waals surface area contributed by atoms with Gasteiger partial charge in [-0.1, -0.05) is 18.0 Å². The zero-order valence-corrected chi connectivity index (χ0v) is 11.0. The van der Waals surface area contributed by atoms with E-state index < -0.39 is 0 Å². The van der Waals surface area contributed by atoms with E-state index in [9.17, 15) is 0 Å². The molecule has 1 fully saturated rings. The number of rotatable bonds is 3. The van der Waals surface area contributed by atoms with Crippen molar-refractivity contribution in [3.63, 3.8) is 0 Å². The summed E-state index contributed by atoms with van der Waals surface area (Å²) < 4.78 is 10.8. The minimum Gasteiger partial charge on any atom is -0.493 e. The summed E-state index contributed by atoms with van der Waals surface area (Å²) in [5.74, 6) is 1.48. The van der Waals surface area contributed by atoms with Crippen molar-refractivity contribution in [2.75, 3.05) is 20.8 Å². The normalized spacial score (nSPS) is 20.1. The van der Waals surface area contributed by atoms with Crippen molar-refractivity contribution >= 4 is 11.6 Å². The van der Waals surface area contributed by atoms with Gasteiger partial charge in [0.1, 0.15) is 0 Å². The third-order valence-electron chi connectivity index (χ3n) is 3.16. The number of benzene rings is 1. The van der Waals surface area contributed by atoms with E-state index in [2.05, 4.69) is 5.32 Å². The standard InChI is InChI=1S/C13H18ClNO2/c1-16-12-8-9(14)7-10(13(12)17-2)11-5-3-4-6-15-11/h7-8,11,15H,3-6H2,1-2H3. The number of ether oxygens (including phenoxy) is 2. The first kappa shape index (κ1) is 12.5. The molecule has 0 amide bonds. The van der Waals surface area contributed by atoms with Crippen molar-refractivity contribution in [3.05, 3.63) is 22.7 Å². The third kappa shape index (κ3) is 2.67. The van der Waals surface area contributed by atoms with Crippen LogP contribution >= 0.6 is 11.6 Å². The van der Waals surface area contributed by atoms with Gasteiger partial charge in [0.25, 0.3) is 0 Å². The van der Waals surface area contributed by atoms with Crippen LogP contribution in [0.1, 0.15) is 30.9 Å². The van der Waals surface area contributed by atoms with Gasteiger partial charge in [0.2, 0.25) is 0 Å². The van der Waals surface area contributed by atoms with E-state index in [1.54, 1.807) is 20.3 Å². The molecule has 0 bridgehead atoms. The van der Waals surface area contributed by atoms with Crippen LogP contribution in [-0.2, 0) is 0 Å². The minimum absolute atomic E-state index is 0.311. The zero-order chi connectivity index (χ0) is 12.3. The zero-order valence-electron chi connectivity index (χ0n) is 10.3. The molecule has 17 heavy (non-hydrogen) atoms. The smallest absolute Gasteiger partial charge is 0.165 e. The number of hydrogen-bond acceptors (Lipinski definition) is 3. The second kappa shape index (κ2) is 5.61. The predicted molar refractivity (Wildman–Crippen MR) is 69.2 cm³/mol. The molecule has 2 rings (SSSR count). The van der Waals surface area contributed by atoms with Crippen molar-refractivity contribution in [3.8, 4) is 11.5 Å². The van der Waals surface area contributed by atoms with Crippen molar-refractivity contribution in [2.24, 2.45) is 0 Å². The van der Waals surface area contributed by atoms with Gasteiger partial charge in [0.15, 0.2) is 11.5 Å². The van der Waals surface area contributed by atoms with E-state index in [-0.39, 0.29) is 0 Å². The van der Waals surface area contributed by atoms with Crippen molar-refractivity contribution in [1.82, 2.24) is 5.32 Å². The molecule has 1 heterocycles. The molecule has 1 aliphatic heterocycles. The van der Waals surface area contributed by atoms with E-state index in [1.165, 1.54) is 12.8 Å². The third-order valence-corrected chi connectivity index (χ3v) is 3.38. The molecule has 94 valence electrons. The summed E-state index contributed by atoms with van der Waals surface area (Å²) >= 11 is 6.11. The van der Waals surface area contributed by atoms with Gasteiger partial charge in [-0.15, -0.1) is 0 Å². The molecule has 0 aromatic heterocycles. The van der Waals surface area contributed by atoms with E-state index in [1.807, 2.05) is 6.07 Å². The number of piperidine rings is 1. The maximum absolute atomic E-state index is 6.11. The predicted octanol–water partition coefficient (Wildman–Crippen LogP) is 3.17. The summed E-state index contributed by atoms with van der Waals surface area (Å²) in [7, 11) is 3.30. The van der Waals surface area contributed by atoms with Crippen LogP contribution < -0.4 is 14.8 Å². The summed E-state index contributed by atoms with van der Waals surface area (Å²) in [5, 5.41) is 4.18. The van der Waals surface area contributed by atoms with E-state index in [0.717, 1.165) is 24.3 Å². The van der Waals surface area contributed by atoms with Gasteiger partial charge >= 0.3 is 0 Å². The first-order valence-corrected chi connectivity index (χ1v) is 6.29. The molecule has 0 aliphatic carbocycles. The van der Waals surface area contributed by atoms with Crippen LogP contribution in [0.25, 0.3) is 0 Å². The summed E-state index contributed by atoms with van der Waals surface area (Å²) in [5.41, 5.74) is 1.09. The SMILES string of the molecule is COc1cc(Cl)cc(C2CCCCN2)c1OC. The lowest BCUT2D eigenvalue weighted by molar-refractivity contribution is 0.338. The molecule has 0 radical (unpaired) electrons. The highest BCUT2D eigenvalue weighted by molar-refractivity contribution is 6.30. The molecule has 1 atom stereocenters. The highest BCUT2D eigenvalue weighted by atomic mass is 35.5. The van der Waals surface area contributed by atoms with E-state index in [4.69, 9.17) is 21.1 Å². The van der Waals surface area contributed by atoms with Crippen LogP contribution in [0, 0.1) is 0 Å². The number of methoxy groups -OCH3 is 2. The van der Waals surface area contributed by atoms with Gasteiger partial charge in [-0.2, -0.15) is 0 Å². The summed E-state index contributed by atoms with van der Waals surface area (Å²) in [6.07, 6.45) is 3.58. The number of halogens is 1. The average Bonchev–Trinajstić information content (AvgIpc) is 2.38. The maximum atomic E-state index is 6.11. The fourth-order valence-corrected chi connectivity index (χ4v) is 2.55. The molecule has 1 aromatic rings. The second-order valence-corrected chi connectivity index (χ2v) is 4.67. The lowest BCUT2D eigenvalue weighted by atomic mass is 9.96. The van der Waals surface area contributed by atoms with Crippen LogP contribution in [0.15, 0.2) is 12.1 Å². The molecule has 3 nitrogen and oxygen atoms in total. The van der Waals surface area contributed by atoms with Gasteiger partial charge in [-0.25, -0.2) is 0 Å². The Kier molecular flexibility index (Phi) is 4.13. The molecule has 4 heteroatoms. The molecule has 0 saturated carbocycles. The molecule has 1 unspecified atom stereocenters. The van der Waals surface area contributed by atoms with E-state index >= 15 is 0 Å². The fourth-order valence-electron chi connectivity index (χ4n) is 2.33. The molecule has 1 aliphatic rings. The highest BCUT2D eigenvalue weighted by Gasteiger charge is 2.21. The van der Waals surface area contributed by atoms with Crippen LogP contribution in [0.3, 0.4) is 0 Å². The Morgan fingerprint density at radius 1 is 1.24 bits per heavy atom. The maximum Gasteiger partial charge on any atom is 0.165 e. The van der Waals surface area contributed by atoms with Crippen molar-refractivity contribution < 1.29 is 9.47 Å². The number of hydrogen-bond donors (Lipinski definition) is 1. The van der Waals surface area contributed by atoms with Gasteiger partial charge in [-0.3, -0.25) is 0 Å². The molecular weight excluding hydrogens is 238 g/mol. The lowest BCUT2D eigenvalue weighted by Crippen LogP contribution is -2.27. The quantitative estimate of drug-likeness (QED) is 0.900.